The molecular weight excluding hydrogens is 266 g/mol. The van der Waals surface area contributed by atoms with Gasteiger partial charge >= 0.3 is 0 Å². The molecule has 0 radical (unpaired) electrons. The van der Waals surface area contributed by atoms with Crippen LogP contribution >= 0.6 is 11.6 Å². The molecule has 0 amide bonds. The van der Waals surface area contributed by atoms with E-state index in [-0.39, 0.29) is 0 Å². The summed E-state index contributed by atoms with van der Waals surface area (Å²) >= 11 is 5.89. The Bertz CT molecular complexity index is 570. The fourth-order valence-electron chi connectivity index (χ4n) is 2.95. The highest BCUT2D eigenvalue weighted by atomic mass is 35.5. The molecule has 1 N–H and O–H groups in total. The van der Waals surface area contributed by atoms with Crippen molar-refractivity contribution in [2.75, 3.05) is 0 Å². The molecule has 2 heteroatoms. The van der Waals surface area contributed by atoms with Gasteiger partial charge in [-0.25, -0.2) is 0 Å². The Kier molecular flexibility index (Phi) is 4.09. The van der Waals surface area contributed by atoms with E-state index in [1.165, 1.54) is 29.5 Å². The third-order valence-electron chi connectivity index (χ3n) is 4.27. The molecule has 0 heterocycles. The Morgan fingerprint density at radius 1 is 1.05 bits per heavy atom. The zero-order valence-corrected chi connectivity index (χ0v) is 12.5. The van der Waals surface area contributed by atoms with Crippen LogP contribution in [0.1, 0.15) is 35.4 Å². The zero-order chi connectivity index (χ0) is 13.9. The van der Waals surface area contributed by atoms with Gasteiger partial charge in [0.1, 0.15) is 0 Å². The van der Waals surface area contributed by atoms with Gasteiger partial charge in [-0.2, -0.15) is 0 Å². The molecule has 2 aromatic rings. The van der Waals surface area contributed by atoms with E-state index in [4.69, 9.17) is 11.6 Å². The van der Waals surface area contributed by atoms with Gasteiger partial charge in [0.2, 0.25) is 0 Å². The van der Waals surface area contributed by atoms with E-state index in [0.29, 0.717) is 6.04 Å². The third kappa shape index (κ3) is 3.05. The highest BCUT2D eigenvalue weighted by Crippen LogP contribution is 2.38. The van der Waals surface area contributed by atoms with Gasteiger partial charge in [-0.3, -0.25) is 0 Å². The standard InChI is InChI=1S/C18H20ClN/c1-13-4-2-3-5-18(13)15-10-17(11-15)20-12-14-6-8-16(19)9-7-14/h2-9,15,17,20H,10-12H2,1H3. The lowest BCUT2D eigenvalue weighted by Crippen LogP contribution is -2.39. The Morgan fingerprint density at radius 3 is 2.45 bits per heavy atom. The van der Waals surface area contributed by atoms with Crippen molar-refractivity contribution >= 4 is 11.6 Å². The summed E-state index contributed by atoms with van der Waals surface area (Å²) in [6.45, 7) is 3.14. The van der Waals surface area contributed by atoms with E-state index in [1.54, 1.807) is 0 Å². The first-order valence-corrected chi connectivity index (χ1v) is 7.63. The van der Waals surface area contributed by atoms with E-state index >= 15 is 0 Å². The van der Waals surface area contributed by atoms with Gasteiger partial charge in [-0.15, -0.1) is 0 Å². The number of halogens is 1. The van der Waals surface area contributed by atoms with Crippen molar-refractivity contribution in [1.29, 1.82) is 0 Å². The normalized spacial score (nSPS) is 21.5. The van der Waals surface area contributed by atoms with Crippen LogP contribution in [-0.2, 0) is 6.54 Å². The maximum Gasteiger partial charge on any atom is 0.0406 e. The predicted molar refractivity (Wildman–Crippen MR) is 85.2 cm³/mol. The molecule has 0 bridgehead atoms. The molecule has 2 aromatic carbocycles. The number of benzene rings is 2. The fraction of sp³-hybridized carbons (Fsp3) is 0.333. The van der Waals surface area contributed by atoms with Crippen molar-refractivity contribution in [2.45, 2.75) is 38.3 Å². The van der Waals surface area contributed by atoms with E-state index in [1.807, 2.05) is 12.1 Å². The maximum atomic E-state index is 5.89. The number of nitrogens with one attached hydrogen (secondary N) is 1. The molecule has 3 rings (SSSR count). The van der Waals surface area contributed by atoms with Gasteiger partial charge < -0.3 is 5.32 Å². The lowest BCUT2D eigenvalue weighted by molar-refractivity contribution is 0.289. The lowest BCUT2D eigenvalue weighted by Gasteiger charge is -2.37. The van der Waals surface area contributed by atoms with Crippen LogP contribution in [0.3, 0.4) is 0 Å². The molecule has 0 unspecified atom stereocenters. The van der Waals surface area contributed by atoms with Gasteiger partial charge in [-0.1, -0.05) is 48.0 Å². The molecule has 0 aromatic heterocycles. The minimum absolute atomic E-state index is 0.648. The van der Waals surface area contributed by atoms with Gasteiger partial charge in [0, 0.05) is 17.6 Å². The van der Waals surface area contributed by atoms with Crippen LogP contribution in [0.4, 0.5) is 0 Å². The van der Waals surface area contributed by atoms with Crippen LogP contribution in [0, 0.1) is 6.92 Å². The zero-order valence-electron chi connectivity index (χ0n) is 11.8. The highest BCUT2D eigenvalue weighted by Gasteiger charge is 2.30. The van der Waals surface area contributed by atoms with Crippen LogP contribution in [0.5, 0.6) is 0 Å². The van der Waals surface area contributed by atoms with Gasteiger partial charge in [0.25, 0.3) is 0 Å². The summed E-state index contributed by atoms with van der Waals surface area (Å²) in [5.74, 6) is 0.735. The molecule has 1 aliphatic rings. The van der Waals surface area contributed by atoms with E-state index in [0.717, 1.165) is 17.5 Å². The lowest BCUT2D eigenvalue weighted by atomic mass is 9.74. The summed E-state index contributed by atoms with van der Waals surface area (Å²) in [5, 5.41) is 4.43. The predicted octanol–water partition coefficient (Wildman–Crippen LogP) is 4.68. The Morgan fingerprint density at radius 2 is 1.75 bits per heavy atom. The SMILES string of the molecule is Cc1ccccc1C1CC(NCc2ccc(Cl)cc2)C1. The smallest absolute Gasteiger partial charge is 0.0406 e. The molecule has 1 saturated carbocycles. The largest absolute Gasteiger partial charge is 0.310 e. The second kappa shape index (κ2) is 5.99. The molecule has 1 nitrogen and oxygen atoms in total. The molecule has 20 heavy (non-hydrogen) atoms. The van der Waals surface area contributed by atoms with Crippen LogP contribution in [0.15, 0.2) is 48.5 Å². The van der Waals surface area contributed by atoms with E-state index in [9.17, 15) is 0 Å². The fourth-order valence-corrected chi connectivity index (χ4v) is 3.07. The van der Waals surface area contributed by atoms with E-state index < -0.39 is 0 Å². The Labute approximate surface area is 126 Å². The summed E-state index contributed by atoms with van der Waals surface area (Å²) in [5.41, 5.74) is 4.25. The summed E-state index contributed by atoms with van der Waals surface area (Å²) < 4.78 is 0. The summed E-state index contributed by atoms with van der Waals surface area (Å²) in [6.07, 6.45) is 2.50. The summed E-state index contributed by atoms with van der Waals surface area (Å²) in [6, 6.07) is 17.5. The monoisotopic (exact) mass is 285 g/mol. The summed E-state index contributed by atoms with van der Waals surface area (Å²) in [7, 11) is 0. The second-order valence-corrected chi connectivity index (χ2v) is 6.17. The van der Waals surface area contributed by atoms with Crippen molar-refractivity contribution in [1.82, 2.24) is 5.32 Å². The number of aryl methyl sites for hydroxylation is 1. The first kappa shape index (κ1) is 13.7. The molecule has 1 aliphatic carbocycles. The van der Waals surface area contributed by atoms with Gasteiger partial charge in [0.05, 0.1) is 0 Å². The molecule has 0 atom stereocenters. The van der Waals surface area contributed by atoms with Crippen molar-refractivity contribution in [3.05, 3.63) is 70.2 Å². The molecule has 104 valence electrons. The van der Waals surface area contributed by atoms with Gasteiger partial charge in [0.15, 0.2) is 0 Å². The number of rotatable bonds is 4. The van der Waals surface area contributed by atoms with E-state index in [2.05, 4.69) is 48.6 Å². The van der Waals surface area contributed by atoms with Gasteiger partial charge in [-0.05, 0) is 54.5 Å². The maximum absolute atomic E-state index is 5.89. The number of hydrogen-bond donors (Lipinski definition) is 1. The first-order valence-electron chi connectivity index (χ1n) is 7.26. The first-order chi connectivity index (χ1) is 9.72. The van der Waals surface area contributed by atoms with Crippen LogP contribution in [-0.4, -0.2) is 6.04 Å². The van der Waals surface area contributed by atoms with Crippen LogP contribution < -0.4 is 5.32 Å². The topological polar surface area (TPSA) is 12.0 Å². The quantitative estimate of drug-likeness (QED) is 0.860. The minimum Gasteiger partial charge on any atom is -0.310 e. The molecule has 1 fully saturated rings. The van der Waals surface area contributed by atoms with Crippen molar-refractivity contribution in [3.8, 4) is 0 Å². The van der Waals surface area contributed by atoms with Crippen LogP contribution in [0.25, 0.3) is 0 Å². The van der Waals surface area contributed by atoms with Crippen LogP contribution in [0.2, 0.25) is 5.02 Å². The third-order valence-corrected chi connectivity index (χ3v) is 4.53. The molecule has 0 aliphatic heterocycles. The van der Waals surface area contributed by atoms with Crippen molar-refractivity contribution in [3.63, 3.8) is 0 Å². The summed E-state index contributed by atoms with van der Waals surface area (Å²) in [4.78, 5) is 0. The highest BCUT2D eigenvalue weighted by molar-refractivity contribution is 6.30. The Balaban J connectivity index is 1.49. The number of hydrogen-bond acceptors (Lipinski definition) is 1. The Hall–Kier alpha value is -1.31. The molecular formula is C18H20ClN. The van der Waals surface area contributed by atoms with Crippen molar-refractivity contribution in [2.24, 2.45) is 0 Å². The minimum atomic E-state index is 0.648. The second-order valence-electron chi connectivity index (χ2n) is 5.73. The molecule has 0 saturated heterocycles. The van der Waals surface area contributed by atoms with Crippen molar-refractivity contribution < 1.29 is 0 Å². The average molecular weight is 286 g/mol. The average Bonchev–Trinajstić information content (AvgIpc) is 2.41. The molecule has 0 spiro atoms.